The molecule has 0 aromatic carbocycles. The number of rotatable bonds is 7. The maximum absolute atomic E-state index is 12.3. The maximum atomic E-state index is 12.3. The van der Waals surface area contributed by atoms with Crippen LogP contribution in [0.25, 0.3) is 10.6 Å². The first kappa shape index (κ1) is 17.9. The third-order valence-electron chi connectivity index (χ3n) is 4.67. The summed E-state index contributed by atoms with van der Waals surface area (Å²) in [6.07, 6.45) is 11.0. The van der Waals surface area contributed by atoms with Crippen molar-refractivity contribution in [3.05, 3.63) is 42.1 Å². The lowest BCUT2D eigenvalue weighted by atomic mass is 10.1. The van der Waals surface area contributed by atoms with Crippen molar-refractivity contribution in [3.63, 3.8) is 0 Å². The Bertz CT molecular complexity index is 864. The first-order chi connectivity index (χ1) is 13.3. The Kier molecular flexibility index (Phi) is 5.64. The van der Waals surface area contributed by atoms with Gasteiger partial charge in [-0.3, -0.25) is 9.48 Å². The second kappa shape index (κ2) is 8.49. The number of amides is 1. The van der Waals surface area contributed by atoms with Crippen molar-refractivity contribution in [2.75, 3.05) is 25.0 Å². The van der Waals surface area contributed by atoms with Crippen LogP contribution in [-0.2, 0) is 17.8 Å². The predicted molar refractivity (Wildman–Crippen MR) is 105 cm³/mol. The molecule has 0 bridgehead atoms. The number of aromatic nitrogens is 3. The molecule has 1 aliphatic heterocycles. The molecule has 1 aliphatic rings. The van der Waals surface area contributed by atoms with Gasteiger partial charge in [0, 0.05) is 23.7 Å². The second-order valence-electron chi connectivity index (χ2n) is 6.78. The molecule has 3 aromatic rings. The number of nitrogens with zero attached hydrogens (tertiary/aromatic N) is 4. The van der Waals surface area contributed by atoms with E-state index in [0.717, 1.165) is 35.0 Å². The van der Waals surface area contributed by atoms with E-state index in [1.54, 1.807) is 18.7 Å². The fourth-order valence-corrected chi connectivity index (χ4v) is 4.06. The Balaban J connectivity index is 1.26. The van der Waals surface area contributed by atoms with E-state index in [0.29, 0.717) is 0 Å². The summed E-state index contributed by atoms with van der Waals surface area (Å²) < 4.78 is 6.97. The molecule has 1 saturated heterocycles. The number of carbonyl (C=O) groups excluding carboxylic acids is 1. The van der Waals surface area contributed by atoms with Gasteiger partial charge in [-0.05, 0) is 32.0 Å². The summed E-state index contributed by atoms with van der Waals surface area (Å²) in [5.41, 5.74) is 2.41. The fourth-order valence-electron chi connectivity index (χ4n) is 3.25. The van der Waals surface area contributed by atoms with E-state index >= 15 is 0 Å². The summed E-state index contributed by atoms with van der Waals surface area (Å²) in [7, 11) is 0. The van der Waals surface area contributed by atoms with E-state index in [4.69, 9.17) is 4.42 Å². The van der Waals surface area contributed by atoms with Crippen molar-refractivity contribution < 1.29 is 9.21 Å². The molecule has 1 fully saturated rings. The van der Waals surface area contributed by atoms with Crippen LogP contribution >= 0.6 is 11.3 Å². The topological polar surface area (TPSA) is 76.2 Å². The first-order valence-electron chi connectivity index (χ1n) is 9.28. The molecular weight excluding hydrogens is 362 g/mol. The lowest BCUT2D eigenvalue weighted by molar-refractivity contribution is -0.115. The van der Waals surface area contributed by atoms with Crippen molar-refractivity contribution in [1.82, 2.24) is 19.7 Å². The van der Waals surface area contributed by atoms with Crippen molar-refractivity contribution in [3.8, 4) is 10.6 Å². The molecular formula is C19H23N5O2S. The van der Waals surface area contributed by atoms with Crippen LogP contribution in [0.3, 0.4) is 0 Å². The monoisotopic (exact) mass is 385 g/mol. The molecule has 1 amide bonds. The average molecular weight is 385 g/mol. The number of anilines is 1. The lowest BCUT2D eigenvalue weighted by Crippen LogP contribution is -2.32. The summed E-state index contributed by atoms with van der Waals surface area (Å²) in [4.78, 5) is 19.2. The Hall–Kier alpha value is -2.45. The van der Waals surface area contributed by atoms with Gasteiger partial charge in [0.25, 0.3) is 0 Å². The van der Waals surface area contributed by atoms with E-state index in [9.17, 15) is 4.79 Å². The van der Waals surface area contributed by atoms with E-state index in [1.807, 2.05) is 22.3 Å². The molecule has 7 nitrogen and oxygen atoms in total. The molecule has 3 aromatic heterocycles. The number of hydrogen-bond acceptors (Lipinski definition) is 6. The molecule has 0 unspecified atom stereocenters. The van der Waals surface area contributed by atoms with Crippen molar-refractivity contribution >= 4 is 22.9 Å². The highest BCUT2D eigenvalue weighted by Crippen LogP contribution is 2.24. The number of thiazole rings is 1. The van der Waals surface area contributed by atoms with Crippen LogP contribution in [0, 0.1) is 0 Å². The second-order valence-corrected chi connectivity index (χ2v) is 7.63. The molecule has 0 aliphatic carbocycles. The highest BCUT2D eigenvalue weighted by Gasteiger charge is 2.12. The molecule has 4 rings (SSSR count). The van der Waals surface area contributed by atoms with Crippen LogP contribution in [0.1, 0.15) is 25.0 Å². The zero-order valence-corrected chi connectivity index (χ0v) is 16.0. The Morgan fingerprint density at radius 2 is 2.15 bits per heavy atom. The Morgan fingerprint density at radius 1 is 1.26 bits per heavy atom. The number of nitrogens with one attached hydrogen (secondary N) is 1. The van der Waals surface area contributed by atoms with E-state index < -0.39 is 0 Å². The summed E-state index contributed by atoms with van der Waals surface area (Å²) >= 11 is 1.51. The maximum Gasteiger partial charge on any atom is 0.230 e. The largest absolute Gasteiger partial charge is 0.472 e. The summed E-state index contributed by atoms with van der Waals surface area (Å²) in [6.45, 7) is 4.21. The van der Waals surface area contributed by atoms with Gasteiger partial charge in [0.15, 0.2) is 0 Å². The molecule has 4 heterocycles. The van der Waals surface area contributed by atoms with E-state index in [2.05, 4.69) is 20.3 Å². The fraction of sp³-hybridized carbons (Fsp3) is 0.421. The third-order valence-corrected chi connectivity index (χ3v) is 5.61. The first-order valence-corrected chi connectivity index (χ1v) is 10.2. The average Bonchev–Trinajstić information content (AvgIpc) is 3.42. The molecule has 0 spiro atoms. The normalized spacial score (nSPS) is 15.1. The number of piperidine rings is 1. The molecule has 1 N–H and O–H groups in total. The van der Waals surface area contributed by atoms with Gasteiger partial charge in [0.05, 0.1) is 36.8 Å². The molecule has 142 valence electrons. The quantitative estimate of drug-likeness (QED) is 0.675. The minimum Gasteiger partial charge on any atom is -0.472 e. The summed E-state index contributed by atoms with van der Waals surface area (Å²) in [5, 5.41) is 10.0. The van der Waals surface area contributed by atoms with Crippen LogP contribution in [0.2, 0.25) is 0 Å². The minimum absolute atomic E-state index is 0.0883. The zero-order valence-electron chi connectivity index (χ0n) is 15.1. The van der Waals surface area contributed by atoms with E-state index in [-0.39, 0.29) is 12.3 Å². The van der Waals surface area contributed by atoms with Crippen LogP contribution in [-0.4, -0.2) is 45.2 Å². The number of likely N-dealkylation sites (tertiary alicyclic amines) is 1. The van der Waals surface area contributed by atoms with Crippen LogP contribution in [0.4, 0.5) is 5.69 Å². The van der Waals surface area contributed by atoms with Gasteiger partial charge >= 0.3 is 0 Å². The van der Waals surface area contributed by atoms with Gasteiger partial charge in [-0.1, -0.05) is 6.42 Å². The third kappa shape index (κ3) is 4.84. The van der Waals surface area contributed by atoms with Gasteiger partial charge < -0.3 is 14.6 Å². The number of hydrogen-bond donors (Lipinski definition) is 1. The van der Waals surface area contributed by atoms with Gasteiger partial charge in [-0.2, -0.15) is 5.10 Å². The van der Waals surface area contributed by atoms with E-state index in [1.165, 1.54) is 43.7 Å². The summed E-state index contributed by atoms with van der Waals surface area (Å²) in [6, 6.07) is 1.86. The van der Waals surface area contributed by atoms with Gasteiger partial charge in [-0.25, -0.2) is 4.98 Å². The van der Waals surface area contributed by atoms with Crippen molar-refractivity contribution in [2.45, 2.75) is 32.2 Å². The number of carbonyl (C=O) groups is 1. The molecule has 0 saturated carbocycles. The standard InChI is InChI=1S/C19H23N5O2S/c25-18(10-16-14-27-19(22-16)15-4-9-26-13-15)21-17-11-20-24(12-17)8-7-23-5-2-1-3-6-23/h4,9,11-14H,1-3,5-8,10H2,(H,21,25). The smallest absolute Gasteiger partial charge is 0.230 e. The highest BCUT2D eigenvalue weighted by molar-refractivity contribution is 7.13. The van der Waals surface area contributed by atoms with Gasteiger partial charge in [-0.15, -0.1) is 11.3 Å². The minimum atomic E-state index is -0.0883. The molecule has 0 radical (unpaired) electrons. The zero-order chi connectivity index (χ0) is 18.5. The SMILES string of the molecule is O=C(Cc1csc(-c2ccoc2)n1)Nc1cnn(CCN2CCCCC2)c1. The lowest BCUT2D eigenvalue weighted by Gasteiger charge is -2.26. The van der Waals surface area contributed by atoms with Crippen molar-refractivity contribution in [2.24, 2.45) is 0 Å². The van der Waals surface area contributed by atoms with Crippen LogP contribution in [0.15, 0.2) is 40.8 Å². The Morgan fingerprint density at radius 3 is 2.96 bits per heavy atom. The predicted octanol–water partition coefficient (Wildman–Crippen LogP) is 3.27. The molecule has 27 heavy (non-hydrogen) atoms. The Labute approximate surface area is 162 Å². The van der Waals surface area contributed by atoms with Crippen LogP contribution in [0.5, 0.6) is 0 Å². The van der Waals surface area contributed by atoms with Gasteiger partial charge in [0.1, 0.15) is 11.3 Å². The van der Waals surface area contributed by atoms with Crippen LogP contribution < -0.4 is 5.32 Å². The highest BCUT2D eigenvalue weighted by atomic mass is 32.1. The number of furan rings is 1. The van der Waals surface area contributed by atoms with Crippen molar-refractivity contribution in [1.29, 1.82) is 0 Å². The molecule has 8 heteroatoms. The van der Waals surface area contributed by atoms with Gasteiger partial charge in [0.2, 0.25) is 5.91 Å². The molecule has 0 atom stereocenters. The summed E-state index contributed by atoms with van der Waals surface area (Å²) in [5.74, 6) is -0.0883.